The van der Waals surface area contributed by atoms with Gasteiger partial charge in [-0.15, -0.1) is 0 Å². The lowest BCUT2D eigenvalue weighted by Gasteiger charge is -2.35. The Hall–Kier alpha value is -2.89. The second-order valence-electron chi connectivity index (χ2n) is 6.52. The van der Waals surface area contributed by atoms with Gasteiger partial charge in [0.2, 0.25) is 5.91 Å². The molecular weight excluding hydrogens is 335 g/mol. The van der Waals surface area contributed by atoms with Crippen LogP contribution in [-0.2, 0) is 11.2 Å². The second kappa shape index (κ2) is 6.78. The lowest BCUT2D eigenvalue weighted by molar-refractivity contribution is -0.128. The quantitative estimate of drug-likeness (QED) is 0.901. The Morgan fingerprint density at radius 2 is 2.12 bits per heavy atom. The first-order valence-corrected chi connectivity index (χ1v) is 8.73. The molecule has 1 saturated heterocycles. The third-order valence-corrected chi connectivity index (χ3v) is 4.79. The van der Waals surface area contributed by atoms with Gasteiger partial charge in [-0.3, -0.25) is 9.59 Å². The molecule has 1 atom stereocenters. The first-order valence-electron chi connectivity index (χ1n) is 8.73. The van der Waals surface area contributed by atoms with Crippen LogP contribution in [-0.4, -0.2) is 36.4 Å². The van der Waals surface area contributed by atoms with E-state index in [1.54, 1.807) is 18.2 Å². The molecule has 0 aromatic heterocycles. The Kier molecular flexibility index (Phi) is 4.32. The van der Waals surface area contributed by atoms with Crippen LogP contribution >= 0.6 is 0 Å². The molecule has 5 nitrogen and oxygen atoms in total. The first kappa shape index (κ1) is 16.6. The SMILES string of the molecule is O=C1NCCN(C(=O)c2ccc3c(c2)CCCO3)C1c1cccc(F)c1. The molecule has 2 amide bonds. The highest BCUT2D eigenvalue weighted by Crippen LogP contribution is 2.29. The number of rotatable bonds is 2. The number of carbonyl (C=O) groups is 2. The molecule has 2 aromatic carbocycles. The van der Waals surface area contributed by atoms with Crippen LogP contribution < -0.4 is 10.1 Å². The summed E-state index contributed by atoms with van der Waals surface area (Å²) in [5.41, 5.74) is 1.99. The van der Waals surface area contributed by atoms with E-state index in [9.17, 15) is 14.0 Å². The highest BCUT2D eigenvalue weighted by molar-refractivity contribution is 5.98. The van der Waals surface area contributed by atoms with Crippen molar-refractivity contribution in [2.75, 3.05) is 19.7 Å². The summed E-state index contributed by atoms with van der Waals surface area (Å²) >= 11 is 0. The van der Waals surface area contributed by atoms with Gasteiger partial charge in [-0.25, -0.2) is 4.39 Å². The van der Waals surface area contributed by atoms with Crippen molar-refractivity contribution in [3.05, 3.63) is 65.0 Å². The molecule has 0 saturated carbocycles. The van der Waals surface area contributed by atoms with Crippen molar-refractivity contribution in [1.29, 1.82) is 0 Å². The standard InChI is InChI=1S/C20H19FN2O3/c21-16-5-1-3-14(12-16)18-19(24)22-8-9-23(18)20(25)15-6-7-17-13(11-15)4-2-10-26-17/h1,3,5-7,11-12,18H,2,4,8-10H2,(H,22,24). The van der Waals surface area contributed by atoms with Gasteiger partial charge in [0.15, 0.2) is 0 Å². The van der Waals surface area contributed by atoms with Gasteiger partial charge < -0.3 is 15.0 Å². The minimum atomic E-state index is -0.834. The van der Waals surface area contributed by atoms with E-state index in [-0.39, 0.29) is 11.8 Å². The summed E-state index contributed by atoms with van der Waals surface area (Å²) in [7, 11) is 0. The number of nitrogens with one attached hydrogen (secondary N) is 1. The summed E-state index contributed by atoms with van der Waals surface area (Å²) in [5.74, 6) is -0.149. The Morgan fingerprint density at radius 3 is 2.96 bits per heavy atom. The predicted molar refractivity (Wildman–Crippen MR) is 93.4 cm³/mol. The third-order valence-electron chi connectivity index (χ3n) is 4.79. The highest BCUT2D eigenvalue weighted by Gasteiger charge is 2.35. The Morgan fingerprint density at radius 1 is 1.23 bits per heavy atom. The first-order chi connectivity index (χ1) is 12.6. The van der Waals surface area contributed by atoms with Gasteiger partial charge >= 0.3 is 0 Å². The number of piperazine rings is 1. The van der Waals surface area contributed by atoms with Crippen LogP contribution in [0.25, 0.3) is 0 Å². The van der Waals surface area contributed by atoms with E-state index >= 15 is 0 Å². The minimum Gasteiger partial charge on any atom is -0.493 e. The van der Waals surface area contributed by atoms with Gasteiger partial charge in [0.05, 0.1) is 6.61 Å². The monoisotopic (exact) mass is 354 g/mol. The Balaban J connectivity index is 1.67. The van der Waals surface area contributed by atoms with E-state index in [0.29, 0.717) is 30.8 Å². The predicted octanol–water partition coefficient (Wildman–Crippen LogP) is 2.46. The maximum atomic E-state index is 13.6. The number of hydrogen-bond donors (Lipinski definition) is 1. The summed E-state index contributed by atoms with van der Waals surface area (Å²) in [6.07, 6.45) is 1.78. The maximum absolute atomic E-state index is 13.6. The lowest BCUT2D eigenvalue weighted by atomic mass is 9.99. The Bertz CT molecular complexity index is 868. The number of ether oxygens (including phenoxy) is 1. The summed E-state index contributed by atoms with van der Waals surface area (Å²) in [6.45, 7) is 1.44. The van der Waals surface area contributed by atoms with Gasteiger partial charge in [-0.1, -0.05) is 12.1 Å². The number of hydrogen-bond acceptors (Lipinski definition) is 3. The summed E-state index contributed by atoms with van der Waals surface area (Å²) in [6, 6.07) is 10.4. The number of amides is 2. The molecule has 2 aliphatic heterocycles. The number of nitrogens with zero attached hydrogens (tertiary/aromatic N) is 1. The van der Waals surface area contributed by atoms with Gasteiger partial charge in [0.1, 0.15) is 17.6 Å². The molecule has 2 heterocycles. The van der Waals surface area contributed by atoms with E-state index in [1.807, 2.05) is 12.1 Å². The molecule has 6 heteroatoms. The summed E-state index contributed by atoms with van der Waals surface area (Å²) in [5, 5.41) is 2.76. The van der Waals surface area contributed by atoms with E-state index in [0.717, 1.165) is 24.2 Å². The van der Waals surface area contributed by atoms with Crippen LogP contribution in [0.1, 0.15) is 33.9 Å². The number of aryl methyl sites for hydroxylation is 1. The molecule has 0 radical (unpaired) electrons. The molecule has 2 aromatic rings. The van der Waals surface area contributed by atoms with Crippen molar-refractivity contribution in [3.8, 4) is 5.75 Å². The van der Waals surface area contributed by atoms with E-state index in [1.165, 1.54) is 17.0 Å². The van der Waals surface area contributed by atoms with Crippen LogP contribution in [0.3, 0.4) is 0 Å². The normalized spacial score (nSPS) is 19.3. The van der Waals surface area contributed by atoms with Crippen LogP contribution in [0.4, 0.5) is 4.39 Å². The second-order valence-corrected chi connectivity index (χ2v) is 6.52. The van der Waals surface area contributed by atoms with Crippen molar-refractivity contribution >= 4 is 11.8 Å². The lowest BCUT2D eigenvalue weighted by Crippen LogP contribution is -2.52. The van der Waals surface area contributed by atoms with Gasteiger partial charge in [-0.2, -0.15) is 0 Å². The molecule has 134 valence electrons. The van der Waals surface area contributed by atoms with E-state index in [4.69, 9.17) is 4.74 Å². The molecular formula is C20H19FN2O3. The van der Waals surface area contributed by atoms with E-state index < -0.39 is 11.9 Å². The molecule has 0 aliphatic carbocycles. The van der Waals surface area contributed by atoms with Crippen LogP contribution in [0, 0.1) is 5.82 Å². The molecule has 0 bridgehead atoms. The average Bonchev–Trinajstić information content (AvgIpc) is 2.67. The number of carbonyl (C=O) groups excluding carboxylic acids is 2. The van der Waals surface area contributed by atoms with Crippen LogP contribution in [0.2, 0.25) is 0 Å². The van der Waals surface area contributed by atoms with Crippen molar-refractivity contribution in [2.24, 2.45) is 0 Å². The van der Waals surface area contributed by atoms with Crippen LogP contribution in [0.15, 0.2) is 42.5 Å². The summed E-state index contributed by atoms with van der Waals surface area (Å²) in [4.78, 5) is 27.1. The van der Waals surface area contributed by atoms with Gasteiger partial charge in [0, 0.05) is 18.7 Å². The zero-order valence-electron chi connectivity index (χ0n) is 14.2. The fourth-order valence-electron chi connectivity index (χ4n) is 3.55. The molecule has 26 heavy (non-hydrogen) atoms. The Labute approximate surface area is 150 Å². The zero-order chi connectivity index (χ0) is 18.1. The molecule has 1 unspecified atom stereocenters. The van der Waals surface area contributed by atoms with Gasteiger partial charge in [-0.05, 0) is 54.3 Å². The molecule has 0 spiro atoms. The zero-order valence-corrected chi connectivity index (χ0v) is 14.2. The highest BCUT2D eigenvalue weighted by atomic mass is 19.1. The largest absolute Gasteiger partial charge is 0.493 e. The van der Waals surface area contributed by atoms with Crippen molar-refractivity contribution in [3.63, 3.8) is 0 Å². The smallest absolute Gasteiger partial charge is 0.254 e. The molecule has 2 aliphatic rings. The minimum absolute atomic E-state index is 0.234. The fraction of sp³-hybridized carbons (Fsp3) is 0.300. The molecule has 4 rings (SSSR count). The fourth-order valence-corrected chi connectivity index (χ4v) is 3.55. The van der Waals surface area contributed by atoms with Crippen molar-refractivity contribution in [2.45, 2.75) is 18.9 Å². The topological polar surface area (TPSA) is 58.6 Å². The average molecular weight is 354 g/mol. The van der Waals surface area contributed by atoms with Crippen molar-refractivity contribution in [1.82, 2.24) is 10.2 Å². The third kappa shape index (κ3) is 3.03. The van der Waals surface area contributed by atoms with Crippen LogP contribution in [0.5, 0.6) is 5.75 Å². The van der Waals surface area contributed by atoms with E-state index in [2.05, 4.69) is 5.32 Å². The molecule has 1 N–H and O–H groups in total. The van der Waals surface area contributed by atoms with Gasteiger partial charge in [0.25, 0.3) is 5.91 Å². The number of fused-ring (bicyclic) bond motifs is 1. The number of benzene rings is 2. The maximum Gasteiger partial charge on any atom is 0.254 e. The number of halogens is 1. The van der Waals surface area contributed by atoms with Crippen molar-refractivity contribution < 1.29 is 18.7 Å². The summed E-state index contributed by atoms with van der Waals surface area (Å²) < 4.78 is 19.2. The molecule has 1 fully saturated rings.